The SMILES string of the molecule is Cc1cc(=O)[nH]c2nc(-c3ccc(Cl)cc3)cc(C(F)(F)F)c12. The lowest BCUT2D eigenvalue weighted by atomic mass is 10.0. The van der Waals surface area contributed by atoms with Gasteiger partial charge in [-0.15, -0.1) is 0 Å². The van der Waals surface area contributed by atoms with Gasteiger partial charge in [-0.1, -0.05) is 23.7 Å². The second kappa shape index (κ2) is 5.38. The second-order valence-electron chi connectivity index (χ2n) is 5.10. The minimum absolute atomic E-state index is 0.0882. The number of fused-ring (bicyclic) bond motifs is 1. The van der Waals surface area contributed by atoms with Crippen LogP contribution in [0.1, 0.15) is 11.1 Å². The molecule has 0 saturated heterocycles. The molecule has 1 aromatic carbocycles. The molecule has 0 fully saturated rings. The number of nitrogens with one attached hydrogen (secondary N) is 1. The lowest BCUT2D eigenvalue weighted by Crippen LogP contribution is -2.12. The van der Waals surface area contributed by atoms with Crippen molar-refractivity contribution in [1.29, 1.82) is 0 Å². The number of H-pyrrole nitrogens is 1. The van der Waals surface area contributed by atoms with E-state index in [1.165, 1.54) is 6.92 Å². The quantitative estimate of drug-likeness (QED) is 0.706. The summed E-state index contributed by atoms with van der Waals surface area (Å²) < 4.78 is 40.3. The van der Waals surface area contributed by atoms with E-state index in [1.807, 2.05) is 0 Å². The van der Waals surface area contributed by atoms with Crippen LogP contribution >= 0.6 is 11.6 Å². The molecule has 3 nitrogen and oxygen atoms in total. The molecule has 3 aromatic rings. The molecule has 0 bridgehead atoms. The summed E-state index contributed by atoms with van der Waals surface area (Å²) in [6.45, 7) is 1.45. The van der Waals surface area contributed by atoms with Crippen LogP contribution in [0.3, 0.4) is 0 Å². The number of aromatic nitrogens is 2. The standard InChI is InChI=1S/C16H10ClF3N2O/c1-8-6-13(23)22-15-14(8)11(16(18,19)20)7-12(21-15)9-2-4-10(17)5-3-9/h2-7H,1H3,(H,21,22,23). The molecule has 0 atom stereocenters. The van der Waals surface area contributed by atoms with Crippen LogP contribution in [0.5, 0.6) is 0 Å². The highest BCUT2D eigenvalue weighted by molar-refractivity contribution is 6.30. The van der Waals surface area contributed by atoms with Gasteiger partial charge < -0.3 is 4.98 Å². The normalized spacial score (nSPS) is 11.9. The summed E-state index contributed by atoms with van der Waals surface area (Å²) >= 11 is 5.79. The maximum atomic E-state index is 13.4. The molecule has 2 heterocycles. The van der Waals surface area contributed by atoms with Gasteiger partial charge in [-0.2, -0.15) is 13.2 Å². The lowest BCUT2D eigenvalue weighted by Gasteiger charge is -2.14. The van der Waals surface area contributed by atoms with Crippen LogP contribution in [-0.2, 0) is 6.18 Å². The molecule has 0 aliphatic rings. The number of nitrogens with zero attached hydrogens (tertiary/aromatic N) is 1. The first-order valence-corrected chi connectivity index (χ1v) is 7.01. The first-order valence-electron chi connectivity index (χ1n) is 6.63. The third-order valence-corrected chi connectivity index (χ3v) is 3.70. The number of aryl methyl sites for hydroxylation is 1. The van der Waals surface area contributed by atoms with E-state index < -0.39 is 17.3 Å². The molecule has 0 radical (unpaired) electrons. The number of hydrogen-bond donors (Lipinski definition) is 1. The van der Waals surface area contributed by atoms with E-state index in [1.54, 1.807) is 24.3 Å². The predicted molar refractivity (Wildman–Crippen MR) is 82.5 cm³/mol. The maximum absolute atomic E-state index is 13.4. The summed E-state index contributed by atoms with van der Waals surface area (Å²) in [7, 11) is 0. The first-order chi connectivity index (χ1) is 10.8. The largest absolute Gasteiger partial charge is 0.417 e. The highest BCUT2D eigenvalue weighted by atomic mass is 35.5. The highest BCUT2D eigenvalue weighted by Crippen LogP contribution is 2.37. The molecule has 0 aliphatic heterocycles. The van der Waals surface area contributed by atoms with Gasteiger partial charge in [0.15, 0.2) is 0 Å². The van der Waals surface area contributed by atoms with Crippen molar-refractivity contribution in [2.75, 3.05) is 0 Å². The van der Waals surface area contributed by atoms with Crippen LogP contribution in [-0.4, -0.2) is 9.97 Å². The van der Waals surface area contributed by atoms with Crippen LogP contribution in [0.15, 0.2) is 41.2 Å². The molecule has 0 spiro atoms. The molecule has 3 rings (SSSR count). The Hall–Kier alpha value is -2.34. The zero-order valence-electron chi connectivity index (χ0n) is 11.8. The summed E-state index contributed by atoms with van der Waals surface area (Å²) in [5, 5.41) is 0.365. The van der Waals surface area contributed by atoms with E-state index in [2.05, 4.69) is 9.97 Å². The van der Waals surface area contributed by atoms with E-state index >= 15 is 0 Å². The zero-order chi connectivity index (χ0) is 16.8. The van der Waals surface area contributed by atoms with Gasteiger partial charge in [0, 0.05) is 22.0 Å². The predicted octanol–water partition coefficient (Wildman–Crippen LogP) is 4.57. The third kappa shape index (κ3) is 2.94. The molecule has 0 amide bonds. The monoisotopic (exact) mass is 338 g/mol. The zero-order valence-corrected chi connectivity index (χ0v) is 12.6. The Morgan fingerprint density at radius 1 is 1.13 bits per heavy atom. The second-order valence-corrected chi connectivity index (χ2v) is 5.54. The molecule has 0 saturated carbocycles. The van der Waals surface area contributed by atoms with Crippen molar-refractivity contribution in [2.45, 2.75) is 13.1 Å². The Bertz CT molecular complexity index is 946. The minimum Gasteiger partial charge on any atom is -0.307 e. The van der Waals surface area contributed by atoms with E-state index in [-0.39, 0.29) is 22.3 Å². The fourth-order valence-corrected chi connectivity index (χ4v) is 2.57. The number of pyridine rings is 2. The number of halogens is 4. The number of aromatic amines is 1. The van der Waals surface area contributed by atoms with Crippen LogP contribution < -0.4 is 5.56 Å². The number of benzene rings is 1. The lowest BCUT2D eigenvalue weighted by molar-refractivity contribution is -0.136. The molecule has 7 heteroatoms. The van der Waals surface area contributed by atoms with Gasteiger partial charge in [0.25, 0.3) is 0 Å². The number of rotatable bonds is 1. The topological polar surface area (TPSA) is 45.8 Å². The summed E-state index contributed by atoms with van der Waals surface area (Å²) in [6.07, 6.45) is -4.56. The molecule has 23 heavy (non-hydrogen) atoms. The van der Waals surface area contributed by atoms with Gasteiger partial charge in [-0.05, 0) is 30.7 Å². The van der Waals surface area contributed by atoms with Crippen LogP contribution in [0.25, 0.3) is 22.3 Å². The fraction of sp³-hybridized carbons (Fsp3) is 0.125. The summed E-state index contributed by atoms with van der Waals surface area (Å²) in [5.41, 5.74) is -0.599. The molecular formula is C16H10ClF3N2O. The van der Waals surface area contributed by atoms with Gasteiger partial charge in [0.1, 0.15) is 5.65 Å². The van der Waals surface area contributed by atoms with Crippen molar-refractivity contribution >= 4 is 22.6 Å². The van der Waals surface area contributed by atoms with E-state index in [4.69, 9.17) is 11.6 Å². The van der Waals surface area contributed by atoms with Gasteiger partial charge in [0.2, 0.25) is 5.56 Å². The highest BCUT2D eigenvalue weighted by Gasteiger charge is 2.34. The van der Waals surface area contributed by atoms with Gasteiger partial charge in [-0.25, -0.2) is 4.98 Å². The Balaban J connectivity index is 2.38. The average molecular weight is 339 g/mol. The number of alkyl halides is 3. The Morgan fingerprint density at radius 2 is 1.78 bits per heavy atom. The third-order valence-electron chi connectivity index (χ3n) is 3.45. The summed E-state index contributed by atoms with van der Waals surface area (Å²) in [4.78, 5) is 18.1. The van der Waals surface area contributed by atoms with Crippen molar-refractivity contribution in [1.82, 2.24) is 9.97 Å². The smallest absolute Gasteiger partial charge is 0.307 e. The van der Waals surface area contributed by atoms with E-state index in [0.717, 1.165) is 12.1 Å². The average Bonchev–Trinajstić information content (AvgIpc) is 2.45. The van der Waals surface area contributed by atoms with Crippen LogP contribution in [0.4, 0.5) is 13.2 Å². The fourth-order valence-electron chi connectivity index (χ4n) is 2.45. The Labute approximate surface area is 133 Å². The number of hydrogen-bond acceptors (Lipinski definition) is 2. The van der Waals surface area contributed by atoms with E-state index in [0.29, 0.717) is 10.6 Å². The molecular weight excluding hydrogens is 329 g/mol. The van der Waals surface area contributed by atoms with Crippen molar-refractivity contribution in [3.8, 4) is 11.3 Å². The van der Waals surface area contributed by atoms with Crippen molar-refractivity contribution in [3.05, 3.63) is 62.9 Å². The first kappa shape index (κ1) is 15.6. The maximum Gasteiger partial charge on any atom is 0.417 e. The Morgan fingerprint density at radius 3 is 2.39 bits per heavy atom. The van der Waals surface area contributed by atoms with Crippen LogP contribution in [0.2, 0.25) is 5.02 Å². The molecule has 1 N–H and O–H groups in total. The summed E-state index contributed by atoms with van der Waals surface area (Å²) in [5.74, 6) is 0. The van der Waals surface area contributed by atoms with Crippen molar-refractivity contribution < 1.29 is 13.2 Å². The van der Waals surface area contributed by atoms with Gasteiger partial charge >= 0.3 is 6.18 Å². The van der Waals surface area contributed by atoms with Gasteiger partial charge in [-0.3, -0.25) is 4.79 Å². The Kier molecular flexibility index (Phi) is 3.64. The molecule has 118 valence electrons. The van der Waals surface area contributed by atoms with Crippen LogP contribution in [0, 0.1) is 6.92 Å². The molecule has 2 aromatic heterocycles. The molecule has 0 unspecified atom stereocenters. The minimum atomic E-state index is -4.56. The van der Waals surface area contributed by atoms with Crippen molar-refractivity contribution in [2.24, 2.45) is 0 Å². The van der Waals surface area contributed by atoms with E-state index in [9.17, 15) is 18.0 Å². The molecule has 0 aliphatic carbocycles. The van der Waals surface area contributed by atoms with Crippen molar-refractivity contribution in [3.63, 3.8) is 0 Å². The summed E-state index contributed by atoms with van der Waals surface area (Å²) in [6, 6.07) is 8.39. The van der Waals surface area contributed by atoms with Gasteiger partial charge in [0.05, 0.1) is 11.3 Å².